The lowest BCUT2D eigenvalue weighted by atomic mass is 9.96. The fourth-order valence-electron chi connectivity index (χ4n) is 16.4. The highest BCUT2D eigenvalue weighted by Crippen LogP contribution is 2.43. The van der Waals surface area contributed by atoms with Crippen molar-refractivity contribution in [2.75, 3.05) is 39.4 Å². The molecular formula is C100H194N3O17P. The van der Waals surface area contributed by atoms with Crippen molar-refractivity contribution < 1.29 is 81.2 Å². The molecule has 0 spiro atoms. The summed E-state index contributed by atoms with van der Waals surface area (Å²) < 4.78 is 55.8. The minimum absolute atomic E-state index is 0.0375. The third-order valence-electron chi connectivity index (χ3n) is 24.2. The second-order valence-electron chi connectivity index (χ2n) is 35.5. The molecule has 0 aromatic rings. The third-order valence-corrected chi connectivity index (χ3v) is 24.7. The van der Waals surface area contributed by atoms with Crippen LogP contribution in [-0.2, 0) is 66.3 Å². The van der Waals surface area contributed by atoms with Crippen molar-refractivity contribution in [3.8, 4) is 0 Å². The molecule has 1 rings (SSSR count). The molecule has 5 N–H and O–H groups in total. The van der Waals surface area contributed by atoms with E-state index in [0.717, 1.165) is 128 Å². The zero-order valence-corrected chi connectivity index (χ0v) is 80.9. The van der Waals surface area contributed by atoms with E-state index in [1.807, 2.05) is 0 Å². The highest BCUT2D eigenvalue weighted by Gasteiger charge is 2.52. The van der Waals surface area contributed by atoms with Crippen LogP contribution in [0.2, 0.25) is 0 Å². The summed E-state index contributed by atoms with van der Waals surface area (Å²) in [5.41, 5.74) is 0. The first kappa shape index (κ1) is 118. The molecule has 8 atom stereocenters. The topological polar surface area (TPSA) is 272 Å². The van der Waals surface area contributed by atoms with Crippen molar-refractivity contribution in [1.82, 2.24) is 15.5 Å². The van der Waals surface area contributed by atoms with Crippen molar-refractivity contribution in [1.29, 1.82) is 0 Å². The number of phosphoric ester groups is 1. The summed E-state index contributed by atoms with van der Waals surface area (Å²) in [6.07, 6.45) is 60.3. The molecule has 1 aliphatic heterocycles. The largest absolute Gasteiger partial charge is 0.470 e. The van der Waals surface area contributed by atoms with Gasteiger partial charge in [-0.15, -0.1) is 0 Å². The van der Waals surface area contributed by atoms with Gasteiger partial charge in [-0.3, -0.25) is 33.3 Å². The molecule has 1 heterocycles. The monoisotopic (exact) mass is 1740 g/mol. The van der Waals surface area contributed by atoms with Gasteiger partial charge in [0.25, 0.3) is 0 Å². The molecule has 1 aliphatic rings. The maximum absolute atomic E-state index is 14.9. The van der Waals surface area contributed by atoms with Gasteiger partial charge < -0.3 is 58.8 Å². The van der Waals surface area contributed by atoms with Gasteiger partial charge >= 0.3 is 31.7 Å². The Hall–Kier alpha value is -3.23. The van der Waals surface area contributed by atoms with Crippen molar-refractivity contribution in [3.05, 3.63) is 0 Å². The van der Waals surface area contributed by atoms with E-state index in [0.29, 0.717) is 64.2 Å². The molecule has 0 bridgehead atoms. The minimum Gasteiger partial charge on any atom is -0.462 e. The normalized spacial score (nSPS) is 16.2. The average Bonchev–Trinajstić information content (AvgIpc) is 0.780. The summed E-state index contributed by atoms with van der Waals surface area (Å²) in [5.74, 6) is -2.87. The zero-order chi connectivity index (χ0) is 89.0. The predicted molar refractivity (Wildman–Crippen MR) is 498 cm³/mol. The van der Waals surface area contributed by atoms with Gasteiger partial charge in [-0.05, 0) is 90.3 Å². The molecule has 121 heavy (non-hydrogen) atoms. The summed E-state index contributed by atoms with van der Waals surface area (Å²) in [7, 11) is -5.45. The fraction of sp³-hybridized carbons (Fsp3) is 0.940. The van der Waals surface area contributed by atoms with E-state index in [1.165, 1.54) is 251 Å². The molecule has 0 saturated carbocycles. The summed E-state index contributed by atoms with van der Waals surface area (Å²) >= 11 is 0. The van der Waals surface area contributed by atoms with Crippen LogP contribution in [0, 0.1) is 0 Å². The second-order valence-corrected chi connectivity index (χ2v) is 36.7. The van der Waals surface area contributed by atoms with Gasteiger partial charge in [-0.25, -0.2) is 4.57 Å². The van der Waals surface area contributed by atoms with Crippen LogP contribution in [-0.4, -0.2) is 144 Å². The maximum atomic E-state index is 14.9. The molecule has 0 aromatic carbocycles. The van der Waals surface area contributed by atoms with Crippen molar-refractivity contribution in [3.63, 3.8) is 0 Å². The van der Waals surface area contributed by atoms with E-state index in [2.05, 4.69) is 77.8 Å². The van der Waals surface area contributed by atoms with Gasteiger partial charge in [0.1, 0.15) is 36.6 Å². The Morgan fingerprint density at radius 1 is 0.347 bits per heavy atom. The summed E-state index contributed by atoms with van der Waals surface area (Å²) in [6.45, 7) is 22.8. The number of aliphatic hydroxyl groups is 1. The number of esters is 4. The number of carbonyl (C=O) groups excluding carboxylic acids is 6. The number of aliphatic hydroxyl groups excluding tert-OH is 1. The van der Waals surface area contributed by atoms with Crippen LogP contribution < -0.4 is 10.6 Å². The Bertz CT molecular complexity index is 2380. The number of phosphoric acid groups is 1. The quantitative estimate of drug-likeness (QED) is 0.0164. The number of carbonyl (C=O) groups is 6. The first-order valence-corrected chi connectivity index (χ1v) is 53.1. The Morgan fingerprint density at radius 2 is 0.628 bits per heavy atom. The molecule has 716 valence electrons. The van der Waals surface area contributed by atoms with Crippen molar-refractivity contribution in [2.45, 2.75) is 567 Å². The number of unbranched alkanes of at least 4 members (excludes halogenated alkanes) is 55. The lowest BCUT2D eigenvalue weighted by molar-refractivity contribution is -0.271. The van der Waals surface area contributed by atoms with E-state index < -0.39 is 93.6 Å². The number of rotatable bonds is 89. The van der Waals surface area contributed by atoms with Gasteiger partial charge in [0.05, 0.1) is 25.9 Å². The molecule has 0 radical (unpaired) electrons. The van der Waals surface area contributed by atoms with E-state index in [-0.39, 0.29) is 50.7 Å². The van der Waals surface area contributed by atoms with Crippen LogP contribution >= 0.6 is 7.82 Å². The predicted octanol–water partition coefficient (Wildman–Crippen LogP) is 26.6. The standard InChI is InChI=1S/C94H179N2O17P.C6H15N/c1-7-13-19-25-31-37-40-46-52-58-64-72-87(100)108-81(69-61-55-49-43-34-28-22-16-10-4)77-85(98)95-75-67-68-76-107-94-91(96-86(99)78-82(70-62-56-50-44-35-29-23-17-11-5)109-88(101)73-65-59-53-47-41-38-32-26-20-14-8-2)93(92(84(80-97)111-94)113-114(104,105)106)112-90(103)79-83(71-63-57-51-45-36-30-24-18-12-6)110-89(102)74-66-60-54-48-42-39-33-27-21-15-9-3;1-4-7(5-2)6-3/h81-84,91-94,97H,7-80H2,1-6H3,(H,95,98)(H,96,99)(H2,104,105,106);4-6H2,1-3H3/t81-,82-,83-,84-,91-,92-,93-,94-;/m1./s1. The number of ether oxygens (including phenoxy) is 6. The second kappa shape index (κ2) is 87.5. The molecule has 1 fully saturated rings. The number of amides is 2. The third kappa shape index (κ3) is 75.5. The Morgan fingerprint density at radius 3 is 0.909 bits per heavy atom. The average molecular weight is 1740 g/mol. The maximum Gasteiger partial charge on any atom is 0.470 e. The highest BCUT2D eigenvalue weighted by molar-refractivity contribution is 7.46. The Kier molecular flexibility index (Phi) is 85.1. The first-order chi connectivity index (χ1) is 58.9. The van der Waals surface area contributed by atoms with Gasteiger partial charge in [-0.2, -0.15) is 0 Å². The highest BCUT2D eigenvalue weighted by atomic mass is 31.2. The molecule has 20 nitrogen and oxygen atoms in total. The van der Waals surface area contributed by atoms with Crippen molar-refractivity contribution >= 4 is 43.5 Å². The molecule has 0 aliphatic carbocycles. The van der Waals surface area contributed by atoms with Crippen LogP contribution in [0.3, 0.4) is 0 Å². The van der Waals surface area contributed by atoms with E-state index in [9.17, 15) is 48.2 Å². The SMILES string of the molecule is CCCCCCCCCCCCCC(=O)O[C@H](CCCCCCCCCCC)CC(=O)NCCCCO[C@@H]1O[C@H](CO)[C@@H](OP(=O)(O)O)[C@H](OC(=O)C[C@@H](CCCCCCCCCCC)OC(=O)CCCCCCCCCCCCC)[C@H]1NC(=O)C[C@@H](CCCCCCCCCCC)OC(=O)CCCCCCCCCCCCC.CCN(CC)CC. The molecule has 0 unspecified atom stereocenters. The fourth-order valence-corrected chi connectivity index (χ4v) is 17.0. The Labute approximate surface area is 742 Å². The van der Waals surface area contributed by atoms with Crippen LogP contribution in [0.15, 0.2) is 0 Å². The number of nitrogens with zero attached hydrogens (tertiary/aromatic N) is 1. The summed E-state index contributed by atoms with van der Waals surface area (Å²) in [6, 6.07) is -1.51. The van der Waals surface area contributed by atoms with E-state index in [4.69, 9.17) is 32.9 Å². The molecule has 1 saturated heterocycles. The smallest absolute Gasteiger partial charge is 0.462 e. The van der Waals surface area contributed by atoms with Crippen LogP contribution in [0.25, 0.3) is 0 Å². The number of hydrogen-bond donors (Lipinski definition) is 5. The number of nitrogens with one attached hydrogen (secondary N) is 2. The lowest BCUT2D eigenvalue weighted by Gasteiger charge is -2.45. The van der Waals surface area contributed by atoms with Gasteiger partial charge in [0, 0.05) is 32.4 Å². The summed E-state index contributed by atoms with van der Waals surface area (Å²) in [5, 5.41) is 16.9. The van der Waals surface area contributed by atoms with Crippen molar-refractivity contribution in [2.24, 2.45) is 0 Å². The van der Waals surface area contributed by atoms with E-state index in [1.54, 1.807) is 0 Å². The van der Waals surface area contributed by atoms with Gasteiger partial charge in [-0.1, -0.05) is 409 Å². The minimum atomic E-state index is -5.45. The molecule has 2 amide bonds. The molecular weight excluding hydrogens is 1550 g/mol. The first-order valence-electron chi connectivity index (χ1n) is 51.6. The molecule has 0 aromatic heterocycles. The van der Waals surface area contributed by atoms with Crippen LogP contribution in [0.1, 0.15) is 518 Å². The van der Waals surface area contributed by atoms with Gasteiger partial charge in [0.15, 0.2) is 12.4 Å². The summed E-state index contributed by atoms with van der Waals surface area (Å²) in [4.78, 5) is 107. The molecule has 21 heteroatoms. The zero-order valence-electron chi connectivity index (χ0n) is 80.0. The van der Waals surface area contributed by atoms with Crippen LogP contribution in [0.5, 0.6) is 0 Å². The Balaban J connectivity index is 0.0000196. The van der Waals surface area contributed by atoms with E-state index >= 15 is 0 Å². The van der Waals surface area contributed by atoms with Crippen LogP contribution in [0.4, 0.5) is 0 Å². The number of hydrogen-bond acceptors (Lipinski definition) is 16. The lowest BCUT2D eigenvalue weighted by Crippen LogP contribution is -2.66. The van der Waals surface area contributed by atoms with Gasteiger partial charge in [0.2, 0.25) is 11.8 Å².